The molecule has 2 amide bonds. The van der Waals surface area contributed by atoms with Crippen molar-refractivity contribution >= 4 is 29.1 Å². The van der Waals surface area contributed by atoms with E-state index >= 15 is 0 Å². The molecule has 0 aliphatic heterocycles. The van der Waals surface area contributed by atoms with E-state index in [-0.39, 0.29) is 23.4 Å². The van der Waals surface area contributed by atoms with Crippen molar-refractivity contribution in [3.8, 4) is 0 Å². The minimum absolute atomic E-state index is 0.205. The van der Waals surface area contributed by atoms with Gasteiger partial charge in [-0.15, -0.1) is 0 Å². The van der Waals surface area contributed by atoms with Gasteiger partial charge in [-0.3, -0.25) is 9.59 Å². The van der Waals surface area contributed by atoms with Crippen LogP contribution in [-0.4, -0.2) is 42.5 Å². The minimum Gasteiger partial charge on any atom is -0.395 e. The van der Waals surface area contributed by atoms with Crippen LogP contribution in [0.15, 0.2) is 18.2 Å². The number of nitrogens with zero attached hydrogens (tertiary/aromatic N) is 1. The van der Waals surface area contributed by atoms with Crippen LogP contribution in [0.25, 0.3) is 0 Å². The average molecular weight is 299 g/mol. The molecule has 2 N–H and O–H groups in total. The molecule has 1 aromatic rings. The summed E-state index contributed by atoms with van der Waals surface area (Å²) in [4.78, 5) is 25.2. The van der Waals surface area contributed by atoms with E-state index < -0.39 is 5.41 Å². The lowest BCUT2D eigenvalue weighted by Gasteiger charge is -2.21. The van der Waals surface area contributed by atoms with Gasteiger partial charge in [-0.1, -0.05) is 11.6 Å². The highest BCUT2D eigenvalue weighted by Crippen LogP contribution is 2.24. The van der Waals surface area contributed by atoms with E-state index in [2.05, 4.69) is 5.32 Å². The summed E-state index contributed by atoms with van der Waals surface area (Å²) in [5.74, 6) is -0.522. The van der Waals surface area contributed by atoms with Gasteiger partial charge in [0.05, 0.1) is 22.6 Å². The maximum Gasteiger partial charge on any atom is 0.254 e. The van der Waals surface area contributed by atoms with E-state index in [0.717, 1.165) is 0 Å². The lowest BCUT2D eigenvalue weighted by atomic mass is 9.93. The number of rotatable bonds is 4. The average Bonchev–Trinajstić information content (AvgIpc) is 2.37. The quantitative estimate of drug-likeness (QED) is 0.893. The molecule has 0 spiro atoms. The first-order valence-corrected chi connectivity index (χ1v) is 6.50. The molecule has 0 fully saturated rings. The monoisotopic (exact) mass is 298 g/mol. The normalized spacial score (nSPS) is 11.1. The largest absolute Gasteiger partial charge is 0.395 e. The van der Waals surface area contributed by atoms with Gasteiger partial charge in [0.1, 0.15) is 0 Å². The Hall–Kier alpha value is -1.59. The van der Waals surface area contributed by atoms with Crippen LogP contribution in [0.1, 0.15) is 24.2 Å². The zero-order chi connectivity index (χ0) is 15.5. The predicted molar refractivity (Wildman–Crippen MR) is 79.0 cm³/mol. The maximum absolute atomic E-state index is 11.9. The van der Waals surface area contributed by atoms with Crippen molar-refractivity contribution < 1.29 is 14.7 Å². The molecule has 0 saturated heterocycles. The SMILES string of the molecule is CN(C)C(=O)c1ccc(NC(=O)C(C)(C)CO)cc1Cl. The number of aliphatic hydroxyl groups is 1. The Bertz CT molecular complexity index is 527. The fourth-order valence-corrected chi connectivity index (χ4v) is 1.64. The number of anilines is 1. The maximum atomic E-state index is 11.9. The molecular formula is C14H19ClN2O3. The van der Waals surface area contributed by atoms with E-state index in [0.29, 0.717) is 11.3 Å². The van der Waals surface area contributed by atoms with E-state index in [1.165, 1.54) is 11.0 Å². The molecule has 0 aromatic heterocycles. The number of aliphatic hydroxyl groups excluding tert-OH is 1. The van der Waals surface area contributed by atoms with Gasteiger partial charge in [0.2, 0.25) is 5.91 Å². The van der Waals surface area contributed by atoms with E-state index in [1.54, 1.807) is 40.1 Å². The minimum atomic E-state index is -0.884. The smallest absolute Gasteiger partial charge is 0.254 e. The van der Waals surface area contributed by atoms with Crippen molar-refractivity contribution in [1.82, 2.24) is 4.90 Å². The highest BCUT2D eigenvalue weighted by molar-refractivity contribution is 6.34. The second-order valence-electron chi connectivity index (χ2n) is 5.39. The van der Waals surface area contributed by atoms with Gasteiger partial charge in [0.25, 0.3) is 5.91 Å². The fourth-order valence-electron chi connectivity index (χ4n) is 1.38. The Kier molecular flexibility index (Phi) is 5.14. The van der Waals surface area contributed by atoms with Gasteiger partial charge in [0.15, 0.2) is 0 Å². The summed E-state index contributed by atoms with van der Waals surface area (Å²) in [6.45, 7) is 3.01. The summed E-state index contributed by atoms with van der Waals surface area (Å²) in [6, 6.07) is 4.68. The first-order valence-electron chi connectivity index (χ1n) is 6.12. The molecule has 6 heteroatoms. The van der Waals surface area contributed by atoms with Crippen LogP contribution in [-0.2, 0) is 4.79 Å². The van der Waals surface area contributed by atoms with Crippen LogP contribution < -0.4 is 5.32 Å². The van der Waals surface area contributed by atoms with Gasteiger partial charge in [0, 0.05) is 19.8 Å². The molecule has 1 rings (SSSR count). The summed E-state index contributed by atoms with van der Waals surface area (Å²) < 4.78 is 0. The predicted octanol–water partition coefficient (Wildman–Crippen LogP) is 2.00. The molecule has 0 bridgehead atoms. The van der Waals surface area contributed by atoms with E-state index in [9.17, 15) is 9.59 Å². The lowest BCUT2D eigenvalue weighted by Crippen LogP contribution is -2.33. The molecule has 0 unspecified atom stereocenters. The zero-order valence-electron chi connectivity index (χ0n) is 12.0. The Morgan fingerprint density at radius 3 is 2.40 bits per heavy atom. The standard InChI is InChI=1S/C14H19ClN2O3/c1-14(2,8-18)13(20)16-9-5-6-10(11(15)7-9)12(19)17(3)4/h5-7,18H,8H2,1-4H3,(H,16,20). The number of halogens is 1. The number of benzene rings is 1. The van der Waals surface area contributed by atoms with Crippen molar-refractivity contribution in [3.05, 3.63) is 28.8 Å². The fraction of sp³-hybridized carbons (Fsp3) is 0.429. The summed E-state index contributed by atoms with van der Waals surface area (Å²) in [6.07, 6.45) is 0. The topological polar surface area (TPSA) is 69.6 Å². The van der Waals surface area contributed by atoms with Crippen LogP contribution >= 0.6 is 11.6 Å². The Morgan fingerprint density at radius 2 is 1.95 bits per heavy atom. The molecule has 0 saturated carbocycles. The van der Waals surface area contributed by atoms with Crippen LogP contribution in [0.4, 0.5) is 5.69 Å². The van der Waals surface area contributed by atoms with Crippen molar-refractivity contribution in [2.45, 2.75) is 13.8 Å². The summed E-state index contributed by atoms with van der Waals surface area (Å²) in [5, 5.41) is 12.1. The number of hydrogen-bond donors (Lipinski definition) is 2. The molecule has 0 aliphatic carbocycles. The Balaban J connectivity index is 2.94. The molecule has 5 nitrogen and oxygen atoms in total. The molecule has 20 heavy (non-hydrogen) atoms. The summed E-state index contributed by atoms with van der Waals surface area (Å²) >= 11 is 6.05. The second kappa shape index (κ2) is 6.24. The Labute approximate surface area is 123 Å². The van der Waals surface area contributed by atoms with E-state index in [4.69, 9.17) is 16.7 Å². The van der Waals surface area contributed by atoms with Gasteiger partial charge in [-0.2, -0.15) is 0 Å². The third-order valence-electron chi connectivity index (χ3n) is 2.87. The van der Waals surface area contributed by atoms with Crippen molar-refractivity contribution in [3.63, 3.8) is 0 Å². The third-order valence-corrected chi connectivity index (χ3v) is 3.19. The molecule has 0 heterocycles. The van der Waals surface area contributed by atoms with Gasteiger partial charge in [-0.25, -0.2) is 0 Å². The first kappa shape index (κ1) is 16.5. The lowest BCUT2D eigenvalue weighted by molar-refractivity contribution is -0.125. The van der Waals surface area contributed by atoms with E-state index in [1.807, 2.05) is 0 Å². The van der Waals surface area contributed by atoms with Crippen LogP contribution in [0.5, 0.6) is 0 Å². The van der Waals surface area contributed by atoms with Crippen LogP contribution in [0.2, 0.25) is 5.02 Å². The van der Waals surface area contributed by atoms with Gasteiger partial charge < -0.3 is 15.3 Å². The number of hydrogen-bond acceptors (Lipinski definition) is 3. The third kappa shape index (κ3) is 3.71. The molecule has 0 atom stereocenters. The number of carbonyl (C=O) groups excluding carboxylic acids is 2. The molecule has 0 radical (unpaired) electrons. The second-order valence-corrected chi connectivity index (χ2v) is 5.80. The van der Waals surface area contributed by atoms with Crippen LogP contribution in [0.3, 0.4) is 0 Å². The molecule has 1 aromatic carbocycles. The van der Waals surface area contributed by atoms with Gasteiger partial charge in [-0.05, 0) is 32.0 Å². The van der Waals surface area contributed by atoms with Crippen molar-refractivity contribution in [2.75, 3.05) is 26.0 Å². The van der Waals surface area contributed by atoms with Crippen LogP contribution in [0, 0.1) is 5.41 Å². The highest BCUT2D eigenvalue weighted by atomic mass is 35.5. The zero-order valence-corrected chi connectivity index (χ0v) is 12.8. The Morgan fingerprint density at radius 1 is 1.35 bits per heavy atom. The van der Waals surface area contributed by atoms with Gasteiger partial charge >= 0.3 is 0 Å². The highest BCUT2D eigenvalue weighted by Gasteiger charge is 2.26. The molecule has 110 valence electrons. The summed E-state index contributed by atoms with van der Waals surface area (Å²) in [5.41, 5.74) is -0.0298. The number of nitrogens with one attached hydrogen (secondary N) is 1. The first-order chi connectivity index (χ1) is 9.19. The number of carbonyl (C=O) groups is 2. The van der Waals surface area contributed by atoms with Crippen molar-refractivity contribution in [1.29, 1.82) is 0 Å². The molecular weight excluding hydrogens is 280 g/mol. The summed E-state index contributed by atoms with van der Waals surface area (Å²) in [7, 11) is 3.27. The van der Waals surface area contributed by atoms with Crippen molar-refractivity contribution in [2.24, 2.45) is 5.41 Å². The molecule has 0 aliphatic rings. The number of amides is 2.